The smallest absolute Gasteiger partial charge is 0.164 e. The third-order valence-corrected chi connectivity index (χ3v) is 12.3. The van der Waals surface area contributed by atoms with E-state index in [1.165, 1.54) is 49.3 Å². The first-order valence-electron chi connectivity index (χ1n) is 21.4. The fraction of sp³-hybridized carbons (Fsp3) is 0. The Morgan fingerprint density at radius 3 is 1.16 bits per heavy atom. The maximum absolute atomic E-state index is 5.28. The Hall–Kier alpha value is -8.47. The van der Waals surface area contributed by atoms with Gasteiger partial charge in [-0.25, -0.2) is 15.0 Å². The Morgan fingerprint density at radius 1 is 0.222 bits per heavy atom. The Morgan fingerprint density at radius 2 is 0.587 bits per heavy atom. The summed E-state index contributed by atoms with van der Waals surface area (Å²) in [5.41, 5.74) is 13.3. The molecule has 0 saturated carbocycles. The molecule has 2 aromatic heterocycles. The lowest BCUT2D eigenvalue weighted by Gasteiger charge is -2.18. The minimum Gasteiger partial charge on any atom is -0.309 e. The molecule has 0 aliphatic carbocycles. The molecular formula is C59H38N4. The zero-order chi connectivity index (χ0) is 41.7. The van der Waals surface area contributed by atoms with Gasteiger partial charge < -0.3 is 4.57 Å². The molecule has 0 unspecified atom stereocenters. The average molecular weight is 803 g/mol. The van der Waals surface area contributed by atoms with Crippen LogP contribution in [0.1, 0.15) is 0 Å². The molecule has 294 valence electrons. The Balaban J connectivity index is 1.03. The number of nitrogens with zero attached hydrogens (tertiary/aromatic N) is 4. The molecule has 0 spiro atoms. The molecule has 12 aromatic rings. The van der Waals surface area contributed by atoms with E-state index in [2.05, 4.69) is 211 Å². The molecule has 10 aromatic carbocycles. The third kappa shape index (κ3) is 6.19. The first kappa shape index (κ1) is 36.4. The molecule has 0 atom stereocenters. The molecule has 0 aliphatic heterocycles. The number of rotatable bonds is 7. The summed E-state index contributed by atoms with van der Waals surface area (Å²) in [6.07, 6.45) is 0. The molecule has 0 amide bonds. The number of benzene rings is 10. The highest BCUT2D eigenvalue weighted by Gasteiger charge is 2.21. The van der Waals surface area contributed by atoms with Crippen molar-refractivity contribution in [1.82, 2.24) is 19.5 Å². The van der Waals surface area contributed by atoms with E-state index in [1.807, 2.05) is 24.3 Å². The lowest BCUT2D eigenvalue weighted by molar-refractivity contribution is 1.08. The van der Waals surface area contributed by atoms with Gasteiger partial charge in [-0.05, 0) is 73.6 Å². The zero-order valence-corrected chi connectivity index (χ0v) is 34.2. The summed E-state index contributed by atoms with van der Waals surface area (Å²) < 4.78 is 2.42. The molecule has 4 heteroatoms. The van der Waals surface area contributed by atoms with Crippen LogP contribution in [0.2, 0.25) is 0 Å². The standard InChI is InChI=1S/C59H38N4/c1-3-19-39(20-4-1)41-23-7-12-31-52(41)58-60-57(40-21-5-2-6-22-40)61-59(62-58)53-38-37-47(44-26-10-11-27-45(44)53)46-35-36-48(43-25-9-8-24-42(43)46)49-28-13-16-32-54(49)63-55-33-17-14-29-50(55)51-30-15-18-34-56(51)63/h1-38H. The maximum atomic E-state index is 5.28. The van der Waals surface area contributed by atoms with E-state index in [1.54, 1.807) is 0 Å². The Bertz CT molecular complexity index is 3630. The summed E-state index contributed by atoms with van der Waals surface area (Å²) in [5.74, 6) is 1.90. The molecule has 0 radical (unpaired) electrons. The van der Waals surface area contributed by atoms with Crippen LogP contribution in [0.4, 0.5) is 0 Å². The number of hydrogen-bond acceptors (Lipinski definition) is 3. The van der Waals surface area contributed by atoms with Crippen LogP contribution in [0.3, 0.4) is 0 Å². The highest BCUT2D eigenvalue weighted by molar-refractivity contribution is 6.13. The van der Waals surface area contributed by atoms with E-state index >= 15 is 0 Å². The van der Waals surface area contributed by atoms with Crippen LogP contribution in [0.5, 0.6) is 0 Å². The quantitative estimate of drug-likeness (QED) is 0.161. The van der Waals surface area contributed by atoms with Crippen LogP contribution in [-0.2, 0) is 0 Å². The van der Waals surface area contributed by atoms with Crippen molar-refractivity contribution in [2.24, 2.45) is 0 Å². The van der Waals surface area contributed by atoms with Crippen molar-refractivity contribution in [3.8, 4) is 73.2 Å². The third-order valence-electron chi connectivity index (χ3n) is 12.3. The van der Waals surface area contributed by atoms with E-state index in [0.717, 1.165) is 49.8 Å². The predicted molar refractivity (Wildman–Crippen MR) is 262 cm³/mol. The van der Waals surface area contributed by atoms with Crippen LogP contribution in [0.15, 0.2) is 231 Å². The van der Waals surface area contributed by atoms with Gasteiger partial charge in [-0.15, -0.1) is 0 Å². The molecule has 0 fully saturated rings. The summed E-state index contributed by atoms with van der Waals surface area (Å²) in [4.78, 5) is 15.6. The van der Waals surface area contributed by atoms with Crippen LogP contribution >= 0.6 is 0 Å². The first-order valence-corrected chi connectivity index (χ1v) is 21.4. The van der Waals surface area contributed by atoms with E-state index < -0.39 is 0 Å². The van der Waals surface area contributed by atoms with Crippen molar-refractivity contribution in [3.05, 3.63) is 231 Å². The van der Waals surface area contributed by atoms with Gasteiger partial charge in [0, 0.05) is 33.0 Å². The summed E-state index contributed by atoms with van der Waals surface area (Å²) in [6.45, 7) is 0. The maximum Gasteiger partial charge on any atom is 0.164 e. The van der Waals surface area contributed by atoms with Crippen LogP contribution in [0.25, 0.3) is 117 Å². The number of fused-ring (bicyclic) bond motifs is 5. The fourth-order valence-corrected chi connectivity index (χ4v) is 9.46. The van der Waals surface area contributed by atoms with E-state index in [4.69, 9.17) is 15.0 Å². The van der Waals surface area contributed by atoms with Crippen LogP contribution in [0, 0.1) is 0 Å². The van der Waals surface area contributed by atoms with Crippen molar-refractivity contribution in [3.63, 3.8) is 0 Å². The normalized spacial score (nSPS) is 11.5. The number of hydrogen-bond donors (Lipinski definition) is 0. The molecular weight excluding hydrogens is 765 g/mol. The molecule has 0 N–H and O–H groups in total. The van der Waals surface area contributed by atoms with Gasteiger partial charge >= 0.3 is 0 Å². The van der Waals surface area contributed by atoms with Gasteiger partial charge in [0.05, 0.1) is 16.7 Å². The minimum absolute atomic E-state index is 0.631. The highest BCUT2D eigenvalue weighted by Crippen LogP contribution is 2.43. The molecule has 2 heterocycles. The topological polar surface area (TPSA) is 43.6 Å². The van der Waals surface area contributed by atoms with Crippen molar-refractivity contribution < 1.29 is 0 Å². The van der Waals surface area contributed by atoms with Gasteiger partial charge in [-0.1, -0.05) is 206 Å². The summed E-state index contributed by atoms with van der Waals surface area (Å²) in [7, 11) is 0. The highest BCUT2D eigenvalue weighted by atomic mass is 15.0. The zero-order valence-electron chi connectivity index (χ0n) is 34.2. The van der Waals surface area contributed by atoms with E-state index in [9.17, 15) is 0 Å². The Labute approximate surface area is 365 Å². The fourth-order valence-electron chi connectivity index (χ4n) is 9.46. The molecule has 63 heavy (non-hydrogen) atoms. The number of aromatic nitrogens is 4. The van der Waals surface area contributed by atoms with E-state index in [0.29, 0.717) is 17.5 Å². The van der Waals surface area contributed by atoms with Gasteiger partial charge in [0.15, 0.2) is 17.5 Å². The predicted octanol–water partition coefficient (Wildman–Crippen LogP) is 15.3. The van der Waals surface area contributed by atoms with Gasteiger partial charge in [0.1, 0.15) is 0 Å². The van der Waals surface area contributed by atoms with Crippen molar-refractivity contribution >= 4 is 43.4 Å². The lowest BCUT2D eigenvalue weighted by Crippen LogP contribution is -2.01. The van der Waals surface area contributed by atoms with Gasteiger partial charge in [-0.3, -0.25) is 0 Å². The van der Waals surface area contributed by atoms with Crippen molar-refractivity contribution in [2.45, 2.75) is 0 Å². The van der Waals surface area contributed by atoms with Gasteiger partial charge in [0.2, 0.25) is 0 Å². The molecule has 12 rings (SSSR count). The summed E-state index contributed by atoms with van der Waals surface area (Å²) >= 11 is 0. The summed E-state index contributed by atoms with van der Waals surface area (Å²) in [6, 6.07) is 81.7. The van der Waals surface area contributed by atoms with Crippen LogP contribution in [-0.4, -0.2) is 19.5 Å². The molecule has 4 nitrogen and oxygen atoms in total. The van der Waals surface area contributed by atoms with Crippen molar-refractivity contribution in [1.29, 1.82) is 0 Å². The monoisotopic (exact) mass is 802 g/mol. The van der Waals surface area contributed by atoms with Crippen LogP contribution < -0.4 is 0 Å². The lowest BCUT2D eigenvalue weighted by atomic mass is 9.88. The largest absolute Gasteiger partial charge is 0.309 e. The molecule has 0 aliphatic rings. The Kier molecular flexibility index (Phi) is 8.79. The van der Waals surface area contributed by atoms with Crippen molar-refractivity contribution in [2.75, 3.05) is 0 Å². The average Bonchev–Trinajstić information content (AvgIpc) is 3.70. The minimum atomic E-state index is 0.631. The second-order valence-electron chi connectivity index (χ2n) is 15.9. The number of para-hydroxylation sites is 3. The van der Waals surface area contributed by atoms with Gasteiger partial charge in [-0.2, -0.15) is 0 Å². The second-order valence-corrected chi connectivity index (χ2v) is 15.9. The molecule has 0 bridgehead atoms. The first-order chi connectivity index (χ1) is 31.3. The SMILES string of the molecule is c1ccc(-c2nc(-c3ccccc3-c3ccccc3)nc(-c3ccc(-c4ccc(-c5ccccc5-n5c6ccccc6c6ccccc65)c5ccccc45)c4ccccc34)n2)cc1. The molecule has 0 saturated heterocycles. The summed E-state index contributed by atoms with van der Waals surface area (Å²) in [5, 5.41) is 7.10. The van der Waals surface area contributed by atoms with E-state index in [-0.39, 0.29) is 0 Å². The second kappa shape index (κ2) is 15.2. The van der Waals surface area contributed by atoms with Gasteiger partial charge in [0.25, 0.3) is 0 Å².